The van der Waals surface area contributed by atoms with Gasteiger partial charge in [-0.25, -0.2) is 0 Å². The number of hydrogen-bond acceptors (Lipinski definition) is 7. The summed E-state index contributed by atoms with van der Waals surface area (Å²) < 4.78 is 12.0. The molecule has 4 aliphatic rings. The van der Waals surface area contributed by atoms with E-state index in [1.165, 1.54) is 0 Å². The van der Waals surface area contributed by atoms with Crippen LogP contribution in [0.5, 0.6) is 0 Å². The van der Waals surface area contributed by atoms with E-state index in [0.29, 0.717) is 58.5 Å². The zero-order valence-corrected chi connectivity index (χ0v) is 21.2. The number of unbranched alkanes of at least 4 members (excludes halogenated alkanes) is 2. The lowest BCUT2D eigenvalue weighted by Crippen LogP contribution is -2.56. The molecule has 4 saturated heterocycles. The molecule has 4 aliphatic heterocycles. The Morgan fingerprint density at radius 1 is 1.06 bits per heavy atom. The molecule has 5 atom stereocenters. The van der Waals surface area contributed by atoms with E-state index in [2.05, 4.69) is 15.5 Å². The van der Waals surface area contributed by atoms with Crippen molar-refractivity contribution in [3.05, 3.63) is 0 Å². The van der Waals surface area contributed by atoms with Crippen molar-refractivity contribution < 1.29 is 29.0 Å². The van der Waals surface area contributed by atoms with Crippen LogP contribution in [0.25, 0.3) is 0 Å². The van der Waals surface area contributed by atoms with E-state index in [1.807, 2.05) is 13.8 Å². The molecule has 0 aliphatic carbocycles. The van der Waals surface area contributed by atoms with Gasteiger partial charge in [-0.05, 0) is 45.4 Å². The van der Waals surface area contributed by atoms with Crippen LogP contribution >= 0.6 is 0 Å². The molecule has 0 aromatic rings. The topological polar surface area (TPSA) is 120 Å². The smallest absolute Gasteiger partial charge is 0.245 e. The number of carbonyl (C=O) groups excluding carboxylic acids is 3. The third kappa shape index (κ3) is 4.95. The summed E-state index contributed by atoms with van der Waals surface area (Å²) in [5, 5.41) is 15.2. The molecule has 35 heavy (non-hydrogen) atoms. The lowest BCUT2D eigenvalue weighted by Gasteiger charge is -2.34. The number of fused-ring (bicyclic) bond motifs is 1. The van der Waals surface area contributed by atoms with Crippen molar-refractivity contribution in [3.8, 4) is 0 Å². The van der Waals surface area contributed by atoms with E-state index in [9.17, 15) is 14.4 Å². The minimum absolute atomic E-state index is 0.104. The summed E-state index contributed by atoms with van der Waals surface area (Å²) in [7, 11) is 0. The first-order valence-corrected chi connectivity index (χ1v) is 13.3. The second kappa shape index (κ2) is 11.1. The highest BCUT2D eigenvalue weighted by Gasteiger charge is 2.77. The molecule has 4 rings (SSSR count). The zero-order valence-electron chi connectivity index (χ0n) is 21.2. The fourth-order valence-electron chi connectivity index (χ4n) is 6.56. The number of amides is 3. The molecule has 10 nitrogen and oxygen atoms in total. The first-order chi connectivity index (χ1) is 16.9. The second-order valence-corrected chi connectivity index (χ2v) is 10.6. The summed E-state index contributed by atoms with van der Waals surface area (Å²) in [4.78, 5) is 44.6. The first kappa shape index (κ1) is 26.3. The summed E-state index contributed by atoms with van der Waals surface area (Å²) in [6.45, 7) is 9.29. The summed E-state index contributed by atoms with van der Waals surface area (Å²) in [5.74, 6) is -1.74. The van der Waals surface area contributed by atoms with Gasteiger partial charge < -0.3 is 30.1 Å². The molecule has 0 radical (unpaired) electrons. The van der Waals surface area contributed by atoms with Gasteiger partial charge in [0.2, 0.25) is 17.7 Å². The van der Waals surface area contributed by atoms with Crippen LogP contribution in [0.4, 0.5) is 0 Å². The third-order valence-electron chi connectivity index (χ3n) is 8.24. The Bertz CT molecular complexity index is 790. The molecule has 4 fully saturated rings. The molecule has 198 valence electrons. The molecule has 2 unspecified atom stereocenters. The average Bonchev–Trinajstić information content (AvgIpc) is 3.41. The lowest BCUT2D eigenvalue weighted by molar-refractivity contribution is -0.146. The Morgan fingerprint density at radius 2 is 1.80 bits per heavy atom. The fraction of sp³-hybridized carbons (Fsp3) is 0.880. The van der Waals surface area contributed by atoms with Crippen LogP contribution < -0.4 is 10.6 Å². The summed E-state index contributed by atoms with van der Waals surface area (Å²) in [6.07, 6.45) is 4.16. The van der Waals surface area contributed by atoms with E-state index in [1.54, 1.807) is 4.90 Å². The van der Waals surface area contributed by atoms with Crippen LogP contribution in [0.3, 0.4) is 0 Å². The van der Waals surface area contributed by atoms with E-state index in [0.717, 1.165) is 32.5 Å². The molecule has 4 heterocycles. The SMILES string of the molecule is CCCNC(=O)[C@@H]1[C@H]2C(=O)N(CCCCCO)C(C(=O)NCCN3CCOCC3)C23CC[C@@]1(C)O3. The van der Waals surface area contributed by atoms with Crippen LogP contribution in [-0.4, -0.2) is 109 Å². The van der Waals surface area contributed by atoms with Gasteiger partial charge in [0.05, 0.1) is 30.7 Å². The minimum atomic E-state index is -0.972. The molecule has 2 bridgehead atoms. The van der Waals surface area contributed by atoms with Gasteiger partial charge in [0.25, 0.3) is 0 Å². The second-order valence-electron chi connectivity index (χ2n) is 10.6. The molecule has 10 heteroatoms. The number of likely N-dealkylation sites (tertiary alicyclic amines) is 1. The molecule has 0 aromatic heterocycles. The highest BCUT2D eigenvalue weighted by atomic mass is 16.5. The highest BCUT2D eigenvalue weighted by Crippen LogP contribution is 2.63. The van der Waals surface area contributed by atoms with Crippen LogP contribution in [0.2, 0.25) is 0 Å². The van der Waals surface area contributed by atoms with Gasteiger partial charge in [-0.3, -0.25) is 19.3 Å². The molecule has 3 amide bonds. The number of morpholine rings is 1. The number of nitrogens with zero attached hydrogens (tertiary/aromatic N) is 2. The van der Waals surface area contributed by atoms with Crippen molar-refractivity contribution in [2.45, 2.75) is 69.6 Å². The molecule has 1 spiro atoms. The van der Waals surface area contributed by atoms with Gasteiger partial charge in [-0.1, -0.05) is 6.92 Å². The van der Waals surface area contributed by atoms with Gasteiger partial charge in [0, 0.05) is 45.9 Å². The fourth-order valence-corrected chi connectivity index (χ4v) is 6.56. The molecule has 0 saturated carbocycles. The molecule has 0 aromatic carbocycles. The van der Waals surface area contributed by atoms with E-state index in [4.69, 9.17) is 14.6 Å². The van der Waals surface area contributed by atoms with Gasteiger partial charge in [0.15, 0.2) is 0 Å². The Hall–Kier alpha value is -1.75. The number of rotatable bonds is 12. The Kier molecular flexibility index (Phi) is 8.35. The van der Waals surface area contributed by atoms with Crippen LogP contribution in [0.1, 0.15) is 52.4 Å². The maximum atomic E-state index is 13.8. The number of ether oxygens (including phenoxy) is 2. The average molecular weight is 495 g/mol. The maximum Gasteiger partial charge on any atom is 0.245 e. The lowest BCUT2D eigenvalue weighted by atomic mass is 9.66. The van der Waals surface area contributed by atoms with Crippen molar-refractivity contribution in [2.75, 3.05) is 59.1 Å². The molecular weight excluding hydrogens is 452 g/mol. The van der Waals surface area contributed by atoms with Crippen LogP contribution in [0.15, 0.2) is 0 Å². The number of aliphatic hydroxyl groups is 1. The van der Waals surface area contributed by atoms with Gasteiger partial charge in [0.1, 0.15) is 11.6 Å². The van der Waals surface area contributed by atoms with E-state index >= 15 is 0 Å². The summed E-state index contributed by atoms with van der Waals surface area (Å²) >= 11 is 0. The van der Waals surface area contributed by atoms with E-state index in [-0.39, 0.29) is 24.3 Å². The Labute approximate surface area is 208 Å². The highest BCUT2D eigenvalue weighted by molar-refractivity contribution is 5.99. The van der Waals surface area contributed by atoms with Crippen molar-refractivity contribution in [2.24, 2.45) is 11.8 Å². The Morgan fingerprint density at radius 3 is 2.51 bits per heavy atom. The largest absolute Gasteiger partial charge is 0.396 e. The number of aliphatic hydroxyl groups excluding tert-OH is 1. The molecular formula is C25H42N4O6. The predicted molar refractivity (Wildman–Crippen MR) is 128 cm³/mol. The van der Waals surface area contributed by atoms with Crippen molar-refractivity contribution >= 4 is 17.7 Å². The van der Waals surface area contributed by atoms with Gasteiger partial charge in [-0.15, -0.1) is 0 Å². The first-order valence-electron chi connectivity index (χ1n) is 13.3. The van der Waals surface area contributed by atoms with Crippen molar-refractivity contribution in [1.82, 2.24) is 20.4 Å². The number of carbonyl (C=O) groups is 3. The summed E-state index contributed by atoms with van der Waals surface area (Å²) in [5.41, 5.74) is -1.71. The van der Waals surface area contributed by atoms with E-state index < -0.39 is 29.1 Å². The van der Waals surface area contributed by atoms with Gasteiger partial charge in [-0.2, -0.15) is 0 Å². The van der Waals surface area contributed by atoms with Crippen molar-refractivity contribution in [3.63, 3.8) is 0 Å². The predicted octanol–water partition coefficient (Wildman–Crippen LogP) is -0.112. The monoisotopic (exact) mass is 494 g/mol. The number of hydrogen-bond donors (Lipinski definition) is 3. The van der Waals surface area contributed by atoms with Gasteiger partial charge >= 0.3 is 0 Å². The standard InChI is InChI=1S/C25H42N4O6/c1-3-9-26-21(31)18-19-23(33)29(11-5-4-6-15-30)20(25(19)8-7-24(18,2)35-25)22(32)27-10-12-28-13-16-34-17-14-28/h18-20,30H,3-17H2,1-2H3,(H,26,31)(H,27,32)/t18-,19-,20?,24+,25?/m0/s1. The normalized spacial score (nSPS) is 34.3. The quantitative estimate of drug-likeness (QED) is 0.324. The van der Waals surface area contributed by atoms with Crippen molar-refractivity contribution in [1.29, 1.82) is 0 Å². The van der Waals surface area contributed by atoms with Crippen LogP contribution in [-0.2, 0) is 23.9 Å². The zero-order chi connectivity index (χ0) is 25.1. The maximum absolute atomic E-state index is 13.8. The Balaban J connectivity index is 1.53. The minimum Gasteiger partial charge on any atom is -0.396 e. The van der Waals surface area contributed by atoms with Crippen LogP contribution in [0, 0.1) is 11.8 Å². The number of nitrogens with one attached hydrogen (secondary N) is 2. The third-order valence-corrected chi connectivity index (χ3v) is 8.24. The molecule has 3 N–H and O–H groups in total. The summed E-state index contributed by atoms with van der Waals surface area (Å²) in [6, 6.07) is -0.746.